The van der Waals surface area contributed by atoms with E-state index in [9.17, 15) is 13.2 Å². The SMILES string of the molecule is CCC(=O)C(c1cccc(S(=O)(=O)C(C)C)c1)C(C)C. The van der Waals surface area contributed by atoms with Crippen LogP contribution in [0.25, 0.3) is 0 Å². The van der Waals surface area contributed by atoms with Crippen LogP contribution in [-0.4, -0.2) is 19.5 Å². The van der Waals surface area contributed by atoms with E-state index in [1.165, 1.54) is 0 Å². The molecule has 4 heteroatoms. The molecule has 0 amide bonds. The first kappa shape index (κ1) is 16.9. The highest BCUT2D eigenvalue weighted by molar-refractivity contribution is 7.92. The fraction of sp³-hybridized carbons (Fsp3) is 0.562. The molecule has 0 spiro atoms. The highest BCUT2D eigenvalue weighted by atomic mass is 32.2. The molecule has 0 bridgehead atoms. The molecule has 0 radical (unpaired) electrons. The van der Waals surface area contributed by atoms with E-state index < -0.39 is 15.1 Å². The van der Waals surface area contributed by atoms with Gasteiger partial charge in [0.2, 0.25) is 0 Å². The van der Waals surface area contributed by atoms with Gasteiger partial charge in [0.05, 0.1) is 10.1 Å². The molecule has 0 aromatic heterocycles. The largest absolute Gasteiger partial charge is 0.299 e. The van der Waals surface area contributed by atoms with Crippen molar-refractivity contribution in [3.8, 4) is 0 Å². The first-order valence-electron chi connectivity index (χ1n) is 7.08. The highest BCUT2D eigenvalue weighted by Crippen LogP contribution is 2.29. The van der Waals surface area contributed by atoms with Crippen molar-refractivity contribution in [2.75, 3.05) is 0 Å². The zero-order chi connectivity index (χ0) is 15.5. The van der Waals surface area contributed by atoms with Crippen LogP contribution >= 0.6 is 0 Å². The van der Waals surface area contributed by atoms with Crippen molar-refractivity contribution >= 4 is 15.6 Å². The quantitative estimate of drug-likeness (QED) is 0.806. The van der Waals surface area contributed by atoms with Gasteiger partial charge >= 0.3 is 0 Å². The summed E-state index contributed by atoms with van der Waals surface area (Å²) in [5.74, 6) is 0.0702. The second kappa shape index (κ2) is 6.53. The van der Waals surface area contributed by atoms with Gasteiger partial charge in [0.15, 0.2) is 9.84 Å². The maximum Gasteiger partial charge on any atom is 0.180 e. The van der Waals surface area contributed by atoms with Gasteiger partial charge < -0.3 is 0 Å². The Bertz CT molecular complexity index is 571. The predicted octanol–water partition coefficient (Wildman–Crippen LogP) is 3.59. The Kier molecular flexibility index (Phi) is 5.51. The third-order valence-corrected chi connectivity index (χ3v) is 5.68. The molecule has 20 heavy (non-hydrogen) atoms. The number of sulfone groups is 1. The molecule has 1 unspecified atom stereocenters. The standard InChI is InChI=1S/C16H24O3S/c1-6-15(17)16(11(2)3)13-8-7-9-14(10-13)20(18,19)12(4)5/h7-12,16H,6H2,1-5H3. The summed E-state index contributed by atoms with van der Waals surface area (Å²) in [6.45, 7) is 9.15. The van der Waals surface area contributed by atoms with Crippen LogP contribution in [0.5, 0.6) is 0 Å². The van der Waals surface area contributed by atoms with Crippen molar-refractivity contribution in [1.29, 1.82) is 0 Å². The van der Waals surface area contributed by atoms with Crippen LogP contribution in [0.2, 0.25) is 0 Å². The number of hydrogen-bond donors (Lipinski definition) is 0. The van der Waals surface area contributed by atoms with Crippen LogP contribution in [0, 0.1) is 5.92 Å². The maximum absolute atomic E-state index is 12.2. The van der Waals surface area contributed by atoms with E-state index in [2.05, 4.69) is 0 Å². The molecule has 0 aliphatic carbocycles. The molecule has 1 aromatic carbocycles. The summed E-state index contributed by atoms with van der Waals surface area (Å²) in [4.78, 5) is 12.4. The zero-order valence-electron chi connectivity index (χ0n) is 12.9. The van der Waals surface area contributed by atoms with Crippen LogP contribution in [0.4, 0.5) is 0 Å². The van der Waals surface area contributed by atoms with Crippen molar-refractivity contribution in [3.63, 3.8) is 0 Å². The van der Waals surface area contributed by atoms with Crippen LogP contribution in [0.3, 0.4) is 0 Å². The number of ketones is 1. The van der Waals surface area contributed by atoms with Gasteiger partial charge in [-0.2, -0.15) is 0 Å². The lowest BCUT2D eigenvalue weighted by atomic mass is 9.84. The van der Waals surface area contributed by atoms with Crippen LogP contribution in [0.15, 0.2) is 29.2 Å². The van der Waals surface area contributed by atoms with Gasteiger partial charge in [-0.05, 0) is 37.5 Å². The maximum atomic E-state index is 12.2. The zero-order valence-corrected chi connectivity index (χ0v) is 13.7. The van der Waals surface area contributed by atoms with Crippen molar-refractivity contribution in [1.82, 2.24) is 0 Å². The molecule has 3 nitrogen and oxygen atoms in total. The Morgan fingerprint density at radius 2 is 1.75 bits per heavy atom. The number of carbonyl (C=O) groups excluding carboxylic acids is 1. The molecular weight excluding hydrogens is 272 g/mol. The molecule has 0 heterocycles. The molecule has 1 aromatic rings. The number of carbonyl (C=O) groups is 1. The molecule has 0 saturated carbocycles. The molecule has 0 aliphatic rings. The van der Waals surface area contributed by atoms with Crippen LogP contribution in [0.1, 0.15) is 52.5 Å². The Hall–Kier alpha value is -1.16. The summed E-state index contributed by atoms with van der Waals surface area (Å²) in [6.07, 6.45) is 0.462. The Morgan fingerprint density at radius 1 is 1.15 bits per heavy atom. The van der Waals surface area contributed by atoms with Crippen LogP contribution in [-0.2, 0) is 14.6 Å². The fourth-order valence-corrected chi connectivity index (χ4v) is 3.43. The highest BCUT2D eigenvalue weighted by Gasteiger charge is 2.25. The van der Waals surface area contributed by atoms with Gasteiger partial charge in [0.25, 0.3) is 0 Å². The third kappa shape index (κ3) is 3.48. The third-order valence-electron chi connectivity index (χ3n) is 3.53. The second-order valence-electron chi connectivity index (χ2n) is 5.71. The topological polar surface area (TPSA) is 51.2 Å². The molecule has 0 aliphatic heterocycles. The fourth-order valence-electron chi connectivity index (χ4n) is 2.32. The van der Waals surface area contributed by atoms with Gasteiger partial charge in [-0.3, -0.25) is 4.79 Å². The predicted molar refractivity (Wildman–Crippen MR) is 81.6 cm³/mol. The average molecular weight is 296 g/mol. The summed E-state index contributed by atoms with van der Waals surface area (Å²) < 4.78 is 24.5. The molecule has 1 rings (SSSR count). The van der Waals surface area contributed by atoms with Crippen molar-refractivity contribution in [2.24, 2.45) is 5.92 Å². The lowest BCUT2D eigenvalue weighted by molar-refractivity contribution is -0.121. The number of hydrogen-bond acceptors (Lipinski definition) is 3. The van der Waals surface area contributed by atoms with Crippen molar-refractivity contribution < 1.29 is 13.2 Å². The Balaban J connectivity index is 3.31. The summed E-state index contributed by atoms with van der Waals surface area (Å²) in [5.41, 5.74) is 0.800. The summed E-state index contributed by atoms with van der Waals surface area (Å²) >= 11 is 0. The smallest absolute Gasteiger partial charge is 0.180 e. The summed E-state index contributed by atoms with van der Waals surface area (Å²) in [7, 11) is -3.30. The lowest BCUT2D eigenvalue weighted by Gasteiger charge is -2.20. The summed E-state index contributed by atoms with van der Waals surface area (Å²) in [6, 6.07) is 6.83. The Morgan fingerprint density at radius 3 is 2.20 bits per heavy atom. The Labute approximate surface area is 122 Å². The van der Waals surface area contributed by atoms with Gasteiger partial charge in [0.1, 0.15) is 5.78 Å². The van der Waals surface area contributed by atoms with Crippen LogP contribution < -0.4 is 0 Å². The number of rotatable bonds is 6. The minimum absolute atomic E-state index is 0.152. The molecule has 0 saturated heterocycles. The van der Waals surface area contributed by atoms with E-state index >= 15 is 0 Å². The minimum atomic E-state index is -3.30. The second-order valence-corrected chi connectivity index (χ2v) is 8.21. The van der Waals surface area contributed by atoms with E-state index in [1.807, 2.05) is 26.8 Å². The van der Waals surface area contributed by atoms with Crippen molar-refractivity contribution in [2.45, 2.75) is 57.1 Å². The average Bonchev–Trinajstić information content (AvgIpc) is 2.38. The van der Waals surface area contributed by atoms with Crippen molar-refractivity contribution in [3.05, 3.63) is 29.8 Å². The molecular formula is C16H24O3S. The van der Waals surface area contributed by atoms with Gasteiger partial charge in [0, 0.05) is 12.3 Å². The number of benzene rings is 1. The van der Waals surface area contributed by atoms with Gasteiger partial charge in [-0.1, -0.05) is 32.9 Å². The van der Waals surface area contributed by atoms with Gasteiger partial charge in [-0.25, -0.2) is 8.42 Å². The monoisotopic (exact) mass is 296 g/mol. The molecule has 0 fully saturated rings. The molecule has 0 N–H and O–H groups in total. The molecule has 112 valence electrons. The van der Waals surface area contributed by atoms with E-state index in [0.717, 1.165) is 5.56 Å². The van der Waals surface area contributed by atoms with E-state index in [4.69, 9.17) is 0 Å². The van der Waals surface area contributed by atoms with E-state index in [0.29, 0.717) is 11.3 Å². The number of Topliss-reactive ketones (excluding diaryl/α,β-unsaturated/α-hetero) is 1. The van der Waals surface area contributed by atoms with E-state index in [-0.39, 0.29) is 17.6 Å². The lowest BCUT2D eigenvalue weighted by Crippen LogP contribution is -2.19. The van der Waals surface area contributed by atoms with E-state index in [1.54, 1.807) is 32.0 Å². The first-order valence-corrected chi connectivity index (χ1v) is 8.63. The molecule has 1 atom stereocenters. The van der Waals surface area contributed by atoms with Gasteiger partial charge in [-0.15, -0.1) is 0 Å². The normalized spacial score (nSPS) is 13.8. The minimum Gasteiger partial charge on any atom is -0.299 e. The first-order chi connectivity index (χ1) is 9.21. The summed E-state index contributed by atoms with van der Waals surface area (Å²) in [5, 5.41) is -0.461.